The molecule has 0 aliphatic heterocycles. The molecular weight excluding hydrogens is 166 g/mol. The molecule has 3 nitrogen and oxygen atoms in total. The molecule has 3 heteroatoms. The zero-order valence-electron chi connectivity index (χ0n) is 8.46. The van der Waals surface area contributed by atoms with E-state index in [0.29, 0.717) is 12.5 Å². The minimum atomic E-state index is -0.711. The van der Waals surface area contributed by atoms with E-state index < -0.39 is 5.97 Å². The molecule has 1 fully saturated rings. The van der Waals surface area contributed by atoms with E-state index in [0.717, 1.165) is 6.42 Å². The summed E-state index contributed by atoms with van der Waals surface area (Å²) in [5, 5.41) is 7.91. The van der Waals surface area contributed by atoms with E-state index >= 15 is 0 Å². The molecule has 0 aromatic heterocycles. The SMILES string of the molecule is CCCC(=O)O.NC1CCCCC1. The van der Waals surface area contributed by atoms with Gasteiger partial charge in [0, 0.05) is 12.5 Å². The lowest BCUT2D eigenvalue weighted by Gasteiger charge is -2.15. The molecule has 1 aliphatic rings. The molecule has 0 aromatic carbocycles. The summed E-state index contributed by atoms with van der Waals surface area (Å²) in [6.07, 6.45) is 7.69. The fourth-order valence-corrected chi connectivity index (χ4v) is 1.35. The Kier molecular flexibility index (Phi) is 7.69. The first-order chi connectivity index (χ1) is 6.16. The van der Waals surface area contributed by atoms with Crippen molar-refractivity contribution in [3.63, 3.8) is 0 Å². The predicted molar refractivity (Wildman–Crippen MR) is 53.6 cm³/mol. The van der Waals surface area contributed by atoms with Gasteiger partial charge in [0.25, 0.3) is 0 Å². The van der Waals surface area contributed by atoms with Crippen molar-refractivity contribution < 1.29 is 9.90 Å². The highest BCUT2D eigenvalue weighted by Gasteiger charge is 2.06. The van der Waals surface area contributed by atoms with Crippen molar-refractivity contribution >= 4 is 5.97 Å². The van der Waals surface area contributed by atoms with Crippen LogP contribution in [0.25, 0.3) is 0 Å². The molecule has 0 spiro atoms. The van der Waals surface area contributed by atoms with Crippen LogP contribution in [0.15, 0.2) is 0 Å². The monoisotopic (exact) mass is 187 g/mol. The Balaban J connectivity index is 0.000000226. The van der Waals surface area contributed by atoms with Crippen LogP contribution in [0.3, 0.4) is 0 Å². The maximum atomic E-state index is 9.60. The summed E-state index contributed by atoms with van der Waals surface area (Å²) in [5.41, 5.74) is 5.63. The fourth-order valence-electron chi connectivity index (χ4n) is 1.35. The first kappa shape index (κ1) is 12.4. The van der Waals surface area contributed by atoms with Gasteiger partial charge in [0.1, 0.15) is 0 Å². The highest BCUT2D eigenvalue weighted by Crippen LogP contribution is 2.14. The van der Waals surface area contributed by atoms with Gasteiger partial charge in [-0.3, -0.25) is 4.79 Å². The summed E-state index contributed by atoms with van der Waals surface area (Å²) >= 11 is 0. The quantitative estimate of drug-likeness (QED) is 0.696. The van der Waals surface area contributed by atoms with Gasteiger partial charge in [0.15, 0.2) is 0 Å². The van der Waals surface area contributed by atoms with E-state index in [9.17, 15) is 4.79 Å². The molecule has 78 valence electrons. The van der Waals surface area contributed by atoms with Crippen LogP contribution in [-0.2, 0) is 4.79 Å². The second kappa shape index (κ2) is 8.05. The van der Waals surface area contributed by atoms with Crippen molar-refractivity contribution in [1.29, 1.82) is 0 Å². The lowest BCUT2D eigenvalue weighted by atomic mass is 9.97. The van der Waals surface area contributed by atoms with Crippen LogP contribution >= 0.6 is 0 Å². The summed E-state index contributed by atoms with van der Waals surface area (Å²) in [7, 11) is 0. The molecule has 0 bridgehead atoms. The second-order valence-electron chi connectivity index (χ2n) is 3.54. The third kappa shape index (κ3) is 9.34. The molecule has 3 N–H and O–H groups in total. The molecule has 0 heterocycles. The Hall–Kier alpha value is -0.570. The van der Waals surface area contributed by atoms with Gasteiger partial charge in [-0.25, -0.2) is 0 Å². The first-order valence-corrected chi connectivity index (χ1v) is 5.14. The zero-order chi connectivity index (χ0) is 10.1. The Morgan fingerprint density at radius 1 is 1.38 bits per heavy atom. The van der Waals surface area contributed by atoms with E-state index in [2.05, 4.69) is 0 Å². The van der Waals surface area contributed by atoms with Crippen LogP contribution in [0.2, 0.25) is 0 Å². The van der Waals surface area contributed by atoms with Crippen LogP contribution in [-0.4, -0.2) is 17.1 Å². The number of hydrogen-bond acceptors (Lipinski definition) is 2. The second-order valence-corrected chi connectivity index (χ2v) is 3.54. The molecule has 1 aliphatic carbocycles. The van der Waals surface area contributed by atoms with E-state index in [-0.39, 0.29) is 0 Å². The molecule has 0 radical (unpaired) electrons. The number of hydrogen-bond donors (Lipinski definition) is 2. The van der Waals surface area contributed by atoms with Gasteiger partial charge in [0.05, 0.1) is 0 Å². The maximum Gasteiger partial charge on any atom is 0.303 e. The summed E-state index contributed by atoms with van der Waals surface area (Å²) < 4.78 is 0. The van der Waals surface area contributed by atoms with Gasteiger partial charge >= 0.3 is 5.97 Å². The van der Waals surface area contributed by atoms with E-state index in [4.69, 9.17) is 10.8 Å². The number of rotatable bonds is 2. The molecule has 1 saturated carbocycles. The van der Waals surface area contributed by atoms with Crippen LogP contribution in [0, 0.1) is 0 Å². The summed E-state index contributed by atoms with van der Waals surface area (Å²) in [6, 6.07) is 0.536. The molecule has 0 atom stereocenters. The van der Waals surface area contributed by atoms with Crippen LogP contribution in [0.5, 0.6) is 0 Å². The smallest absolute Gasteiger partial charge is 0.303 e. The Labute approximate surface area is 80.3 Å². The molecule has 0 amide bonds. The third-order valence-corrected chi connectivity index (χ3v) is 2.11. The normalized spacial score (nSPS) is 17.4. The summed E-state index contributed by atoms with van der Waals surface area (Å²) in [4.78, 5) is 9.60. The van der Waals surface area contributed by atoms with Gasteiger partial charge in [-0.15, -0.1) is 0 Å². The van der Waals surface area contributed by atoms with Crippen molar-refractivity contribution in [2.24, 2.45) is 5.73 Å². The first-order valence-electron chi connectivity index (χ1n) is 5.14. The van der Waals surface area contributed by atoms with Gasteiger partial charge in [-0.05, 0) is 19.3 Å². The fraction of sp³-hybridized carbons (Fsp3) is 0.900. The average Bonchev–Trinajstić information content (AvgIpc) is 2.06. The lowest BCUT2D eigenvalue weighted by molar-refractivity contribution is -0.137. The Bertz CT molecular complexity index is 131. The van der Waals surface area contributed by atoms with Gasteiger partial charge in [-0.2, -0.15) is 0 Å². The van der Waals surface area contributed by atoms with Crippen molar-refractivity contribution in [2.75, 3.05) is 0 Å². The Morgan fingerprint density at radius 2 is 1.92 bits per heavy atom. The van der Waals surface area contributed by atoms with Crippen molar-refractivity contribution in [2.45, 2.75) is 57.9 Å². The summed E-state index contributed by atoms with van der Waals surface area (Å²) in [5.74, 6) is -0.711. The molecule has 13 heavy (non-hydrogen) atoms. The number of aliphatic carboxylic acids is 1. The molecule has 1 rings (SSSR count). The van der Waals surface area contributed by atoms with Crippen LogP contribution < -0.4 is 5.73 Å². The highest BCUT2D eigenvalue weighted by molar-refractivity contribution is 5.66. The molecule has 0 aromatic rings. The summed E-state index contributed by atoms with van der Waals surface area (Å²) in [6.45, 7) is 1.84. The van der Waals surface area contributed by atoms with Gasteiger partial charge in [0.2, 0.25) is 0 Å². The van der Waals surface area contributed by atoms with Crippen molar-refractivity contribution in [3.8, 4) is 0 Å². The number of carboxylic acids is 1. The molecule has 0 unspecified atom stereocenters. The average molecular weight is 187 g/mol. The van der Waals surface area contributed by atoms with Crippen molar-refractivity contribution in [1.82, 2.24) is 0 Å². The van der Waals surface area contributed by atoms with Crippen LogP contribution in [0.1, 0.15) is 51.9 Å². The number of carboxylic acid groups (broad SMARTS) is 1. The Morgan fingerprint density at radius 3 is 2.08 bits per heavy atom. The maximum absolute atomic E-state index is 9.60. The van der Waals surface area contributed by atoms with Gasteiger partial charge < -0.3 is 10.8 Å². The largest absolute Gasteiger partial charge is 0.481 e. The highest BCUT2D eigenvalue weighted by atomic mass is 16.4. The standard InChI is InChI=1S/C6H13N.C4H8O2/c7-6-4-2-1-3-5-6;1-2-3-4(5)6/h6H,1-5,7H2;2-3H2,1H3,(H,5,6). The lowest BCUT2D eigenvalue weighted by Crippen LogP contribution is -2.22. The van der Waals surface area contributed by atoms with Gasteiger partial charge in [-0.1, -0.05) is 26.2 Å². The minimum Gasteiger partial charge on any atom is -0.481 e. The minimum absolute atomic E-state index is 0.292. The third-order valence-electron chi connectivity index (χ3n) is 2.11. The zero-order valence-corrected chi connectivity index (χ0v) is 8.46. The number of nitrogens with two attached hydrogens (primary N) is 1. The molecular formula is C10H21NO2. The van der Waals surface area contributed by atoms with Crippen LogP contribution in [0.4, 0.5) is 0 Å². The van der Waals surface area contributed by atoms with Crippen molar-refractivity contribution in [3.05, 3.63) is 0 Å². The number of carbonyl (C=O) groups is 1. The topological polar surface area (TPSA) is 63.3 Å². The predicted octanol–water partition coefficient (Wildman–Crippen LogP) is 2.15. The molecule has 0 saturated heterocycles. The van der Waals surface area contributed by atoms with E-state index in [1.54, 1.807) is 0 Å². The van der Waals surface area contributed by atoms with E-state index in [1.165, 1.54) is 32.1 Å². The van der Waals surface area contributed by atoms with E-state index in [1.807, 2.05) is 6.92 Å².